The predicted octanol–water partition coefficient (Wildman–Crippen LogP) is 5.01. The minimum Gasteiger partial charge on any atom is -0.380 e. The van der Waals surface area contributed by atoms with E-state index < -0.39 is 0 Å². The fraction of sp³-hybridized carbons (Fsp3) is 0. The maximum atomic E-state index is 6.13. The summed E-state index contributed by atoms with van der Waals surface area (Å²) in [6.45, 7) is 0. The van der Waals surface area contributed by atoms with Gasteiger partial charge in [0.15, 0.2) is 11.6 Å². The van der Waals surface area contributed by atoms with E-state index in [1.54, 1.807) is 0 Å². The van der Waals surface area contributed by atoms with Crippen molar-refractivity contribution in [3.8, 4) is 22.5 Å². The Morgan fingerprint density at radius 2 is 1.80 bits per heavy atom. The van der Waals surface area contributed by atoms with Crippen LogP contribution in [0.3, 0.4) is 0 Å². The average molecular weight is 350 g/mol. The number of hydrogen-bond acceptors (Lipinski definition) is 3. The first kappa shape index (κ1) is 13.2. The molecule has 0 radical (unpaired) electrons. The first-order chi connectivity index (χ1) is 9.66. The number of nitrogens with zero attached hydrogens (tertiary/aromatic N) is 1. The van der Waals surface area contributed by atoms with Gasteiger partial charge in [0.1, 0.15) is 0 Å². The molecule has 2 N–H and O–H groups in total. The Labute approximate surface area is 129 Å². The highest BCUT2D eigenvalue weighted by atomic mass is 79.9. The molecule has 20 heavy (non-hydrogen) atoms. The van der Waals surface area contributed by atoms with E-state index in [0.29, 0.717) is 16.6 Å². The van der Waals surface area contributed by atoms with Crippen molar-refractivity contribution in [3.63, 3.8) is 0 Å². The van der Waals surface area contributed by atoms with Gasteiger partial charge in [0, 0.05) is 10.0 Å². The molecule has 0 atom stereocenters. The van der Waals surface area contributed by atoms with Gasteiger partial charge in [-0.25, -0.2) is 0 Å². The second-order valence-electron chi connectivity index (χ2n) is 4.27. The molecule has 0 bridgehead atoms. The minimum absolute atomic E-state index is 0.366. The molecular formula is C15H10BrClN2O. The SMILES string of the molecule is Nc1noc(-c2ccc(Br)c(Cl)c2)c1-c1ccccc1. The van der Waals surface area contributed by atoms with Crippen LogP contribution in [-0.4, -0.2) is 5.16 Å². The minimum atomic E-state index is 0.366. The molecule has 3 rings (SSSR count). The zero-order valence-corrected chi connectivity index (χ0v) is 12.6. The van der Waals surface area contributed by atoms with Crippen molar-refractivity contribution in [2.45, 2.75) is 0 Å². The van der Waals surface area contributed by atoms with E-state index in [1.165, 1.54) is 0 Å². The van der Waals surface area contributed by atoms with E-state index in [1.807, 2.05) is 48.5 Å². The highest BCUT2D eigenvalue weighted by molar-refractivity contribution is 9.10. The first-order valence-corrected chi connectivity index (χ1v) is 7.10. The quantitative estimate of drug-likeness (QED) is 0.708. The summed E-state index contributed by atoms with van der Waals surface area (Å²) in [5.74, 6) is 0.980. The molecule has 0 spiro atoms. The molecule has 0 fully saturated rings. The maximum Gasteiger partial charge on any atom is 0.176 e. The fourth-order valence-electron chi connectivity index (χ4n) is 2.02. The van der Waals surface area contributed by atoms with Gasteiger partial charge in [-0.3, -0.25) is 0 Å². The van der Waals surface area contributed by atoms with Gasteiger partial charge in [-0.2, -0.15) is 0 Å². The summed E-state index contributed by atoms with van der Waals surface area (Å²) in [5, 5.41) is 4.48. The van der Waals surface area contributed by atoms with Gasteiger partial charge >= 0.3 is 0 Å². The van der Waals surface area contributed by atoms with Gasteiger partial charge in [-0.1, -0.05) is 47.1 Å². The van der Waals surface area contributed by atoms with Gasteiger partial charge in [-0.15, -0.1) is 0 Å². The van der Waals surface area contributed by atoms with Crippen LogP contribution in [-0.2, 0) is 0 Å². The Balaban J connectivity index is 2.18. The second kappa shape index (κ2) is 5.31. The molecule has 2 aromatic carbocycles. The highest BCUT2D eigenvalue weighted by Gasteiger charge is 2.18. The third-order valence-corrected chi connectivity index (χ3v) is 4.20. The Kier molecular flexibility index (Phi) is 3.51. The summed E-state index contributed by atoms with van der Waals surface area (Å²) in [4.78, 5) is 0. The van der Waals surface area contributed by atoms with Crippen LogP contribution in [0.4, 0.5) is 5.82 Å². The molecule has 0 unspecified atom stereocenters. The van der Waals surface area contributed by atoms with Crippen molar-refractivity contribution >= 4 is 33.3 Å². The number of rotatable bonds is 2. The Morgan fingerprint density at radius 1 is 1.05 bits per heavy atom. The Bertz CT molecular complexity index is 756. The molecule has 3 nitrogen and oxygen atoms in total. The van der Waals surface area contributed by atoms with Crippen LogP contribution >= 0.6 is 27.5 Å². The topological polar surface area (TPSA) is 52.0 Å². The van der Waals surface area contributed by atoms with Crippen molar-refractivity contribution in [1.82, 2.24) is 5.16 Å². The lowest BCUT2D eigenvalue weighted by molar-refractivity contribution is 0.436. The molecule has 0 aliphatic heterocycles. The summed E-state index contributed by atoms with van der Waals surface area (Å²) < 4.78 is 6.21. The van der Waals surface area contributed by atoms with Crippen LogP contribution in [0.15, 0.2) is 57.5 Å². The lowest BCUT2D eigenvalue weighted by atomic mass is 10.0. The van der Waals surface area contributed by atoms with E-state index in [9.17, 15) is 0 Å². The predicted molar refractivity (Wildman–Crippen MR) is 84.5 cm³/mol. The van der Waals surface area contributed by atoms with Crippen molar-refractivity contribution in [3.05, 3.63) is 58.0 Å². The number of nitrogen functional groups attached to an aromatic ring is 1. The third kappa shape index (κ3) is 2.32. The van der Waals surface area contributed by atoms with Crippen LogP contribution < -0.4 is 5.73 Å². The molecule has 3 aromatic rings. The smallest absolute Gasteiger partial charge is 0.176 e. The van der Waals surface area contributed by atoms with Gasteiger partial charge in [0.2, 0.25) is 0 Å². The van der Waals surface area contributed by atoms with E-state index in [2.05, 4.69) is 21.1 Å². The molecule has 0 aliphatic carbocycles. The molecular weight excluding hydrogens is 340 g/mol. The number of anilines is 1. The number of benzene rings is 2. The first-order valence-electron chi connectivity index (χ1n) is 5.93. The van der Waals surface area contributed by atoms with Crippen LogP contribution in [0.1, 0.15) is 0 Å². The second-order valence-corrected chi connectivity index (χ2v) is 5.53. The standard InChI is InChI=1S/C15H10BrClN2O/c16-11-7-6-10(8-12(11)17)14-13(15(18)19-20-14)9-4-2-1-3-5-9/h1-8H,(H2,18,19). The van der Waals surface area contributed by atoms with Gasteiger partial charge in [0.25, 0.3) is 0 Å². The number of hydrogen-bond donors (Lipinski definition) is 1. The van der Waals surface area contributed by atoms with Crippen LogP contribution in [0.25, 0.3) is 22.5 Å². The molecule has 0 aliphatic rings. The number of halogens is 2. The molecule has 0 saturated carbocycles. The average Bonchev–Trinajstić information content (AvgIpc) is 2.85. The fourth-order valence-corrected chi connectivity index (χ4v) is 2.45. The molecule has 1 heterocycles. The normalized spacial score (nSPS) is 10.7. The summed E-state index contributed by atoms with van der Waals surface area (Å²) in [6.07, 6.45) is 0. The summed E-state index contributed by atoms with van der Waals surface area (Å²) in [6, 6.07) is 15.4. The van der Waals surface area contributed by atoms with Crippen molar-refractivity contribution in [2.24, 2.45) is 0 Å². The van der Waals surface area contributed by atoms with Gasteiger partial charge in [-0.05, 0) is 39.7 Å². The van der Waals surface area contributed by atoms with Crippen LogP contribution in [0.2, 0.25) is 5.02 Å². The number of nitrogens with two attached hydrogens (primary N) is 1. The van der Waals surface area contributed by atoms with Gasteiger partial charge in [0.05, 0.1) is 10.6 Å². The van der Waals surface area contributed by atoms with Crippen LogP contribution in [0.5, 0.6) is 0 Å². The van der Waals surface area contributed by atoms with E-state index in [4.69, 9.17) is 21.9 Å². The monoisotopic (exact) mass is 348 g/mol. The largest absolute Gasteiger partial charge is 0.380 e. The molecule has 0 saturated heterocycles. The van der Waals surface area contributed by atoms with Gasteiger partial charge < -0.3 is 10.3 Å². The maximum absolute atomic E-state index is 6.13. The third-order valence-electron chi connectivity index (χ3n) is 2.96. The summed E-state index contributed by atoms with van der Waals surface area (Å²) in [7, 11) is 0. The Hall–Kier alpha value is -1.78. The molecule has 100 valence electrons. The molecule has 5 heteroatoms. The van der Waals surface area contributed by atoms with E-state index >= 15 is 0 Å². The lowest BCUT2D eigenvalue weighted by Gasteiger charge is -2.04. The highest BCUT2D eigenvalue weighted by Crippen LogP contribution is 2.38. The van der Waals surface area contributed by atoms with E-state index in [0.717, 1.165) is 21.2 Å². The van der Waals surface area contributed by atoms with Crippen LogP contribution in [0, 0.1) is 0 Å². The summed E-state index contributed by atoms with van der Waals surface area (Å²) >= 11 is 9.50. The van der Waals surface area contributed by atoms with Crippen molar-refractivity contribution in [1.29, 1.82) is 0 Å². The van der Waals surface area contributed by atoms with Crippen molar-refractivity contribution in [2.75, 3.05) is 5.73 Å². The zero-order valence-electron chi connectivity index (χ0n) is 10.3. The molecule has 1 aromatic heterocycles. The Morgan fingerprint density at radius 3 is 2.50 bits per heavy atom. The lowest BCUT2D eigenvalue weighted by Crippen LogP contribution is -1.88. The zero-order chi connectivity index (χ0) is 14.1. The van der Waals surface area contributed by atoms with E-state index in [-0.39, 0.29) is 0 Å². The molecule has 0 amide bonds. The number of aromatic nitrogens is 1. The summed E-state index contributed by atoms with van der Waals surface area (Å²) in [5.41, 5.74) is 8.51. The van der Waals surface area contributed by atoms with Crippen molar-refractivity contribution < 1.29 is 4.52 Å².